The minimum absolute atomic E-state index is 0.0206. The SMILES string of the molecule is CC(N)c1ccc(N2CCC(c3ccccc3)C2)c(Cl)c1. The Labute approximate surface area is 131 Å². The molecule has 2 aromatic carbocycles. The van der Waals surface area contributed by atoms with Crippen molar-refractivity contribution >= 4 is 17.3 Å². The first-order valence-electron chi connectivity index (χ1n) is 7.50. The zero-order chi connectivity index (χ0) is 14.8. The molecule has 3 rings (SSSR count). The molecule has 2 aromatic rings. The van der Waals surface area contributed by atoms with E-state index in [1.165, 1.54) is 12.0 Å². The lowest BCUT2D eigenvalue weighted by atomic mass is 9.99. The Hall–Kier alpha value is -1.51. The van der Waals surface area contributed by atoms with Crippen LogP contribution in [0.1, 0.15) is 36.4 Å². The molecule has 0 radical (unpaired) electrons. The van der Waals surface area contributed by atoms with E-state index in [0.29, 0.717) is 5.92 Å². The Morgan fingerprint density at radius 1 is 1.19 bits per heavy atom. The molecular formula is C18H21ClN2. The molecule has 1 heterocycles. The van der Waals surface area contributed by atoms with E-state index in [1.807, 2.05) is 13.0 Å². The van der Waals surface area contributed by atoms with E-state index in [2.05, 4.69) is 47.4 Å². The van der Waals surface area contributed by atoms with Crippen molar-refractivity contribution in [2.75, 3.05) is 18.0 Å². The Kier molecular flexibility index (Phi) is 4.18. The third-order valence-corrected chi connectivity index (χ3v) is 4.60. The first-order valence-corrected chi connectivity index (χ1v) is 7.88. The molecule has 1 aliphatic rings. The molecule has 2 atom stereocenters. The van der Waals surface area contributed by atoms with Gasteiger partial charge in [0.15, 0.2) is 0 Å². The van der Waals surface area contributed by atoms with Crippen LogP contribution in [0.15, 0.2) is 48.5 Å². The van der Waals surface area contributed by atoms with Gasteiger partial charge in [-0.25, -0.2) is 0 Å². The summed E-state index contributed by atoms with van der Waals surface area (Å²) < 4.78 is 0. The number of hydrogen-bond donors (Lipinski definition) is 1. The summed E-state index contributed by atoms with van der Waals surface area (Å²) in [5.41, 5.74) is 9.54. The minimum atomic E-state index is 0.0206. The van der Waals surface area contributed by atoms with Gasteiger partial charge in [0.1, 0.15) is 0 Å². The van der Waals surface area contributed by atoms with Crippen molar-refractivity contribution in [1.82, 2.24) is 0 Å². The van der Waals surface area contributed by atoms with E-state index < -0.39 is 0 Å². The Morgan fingerprint density at radius 3 is 2.62 bits per heavy atom. The van der Waals surface area contributed by atoms with Gasteiger partial charge in [-0.3, -0.25) is 0 Å². The van der Waals surface area contributed by atoms with Gasteiger partial charge in [0, 0.05) is 25.0 Å². The van der Waals surface area contributed by atoms with Crippen molar-refractivity contribution in [2.45, 2.75) is 25.3 Å². The lowest BCUT2D eigenvalue weighted by Gasteiger charge is -2.21. The zero-order valence-corrected chi connectivity index (χ0v) is 13.1. The highest BCUT2D eigenvalue weighted by atomic mass is 35.5. The normalized spacial score (nSPS) is 19.8. The number of anilines is 1. The summed E-state index contributed by atoms with van der Waals surface area (Å²) in [5, 5.41) is 0.804. The summed E-state index contributed by atoms with van der Waals surface area (Å²) in [7, 11) is 0. The predicted octanol–water partition coefficient (Wildman–Crippen LogP) is 4.35. The van der Waals surface area contributed by atoms with E-state index in [0.717, 1.165) is 29.4 Å². The first kappa shape index (κ1) is 14.4. The van der Waals surface area contributed by atoms with Gasteiger partial charge in [-0.05, 0) is 36.6 Å². The molecule has 0 bridgehead atoms. The highest BCUT2D eigenvalue weighted by molar-refractivity contribution is 6.33. The minimum Gasteiger partial charge on any atom is -0.370 e. The molecule has 2 unspecified atom stereocenters. The molecule has 1 fully saturated rings. The van der Waals surface area contributed by atoms with Crippen molar-refractivity contribution in [3.63, 3.8) is 0 Å². The highest BCUT2D eigenvalue weighted by Gasteiger charge is 2.25. The van der Waals surface area contributed by atoms with Crippen LogP contribution < -0.4 is 10.6 Å². The quantitative estimate of drug-likeness (QED) is 0.913. The molecule has 1 saturated heterocycles. The molecule has 21 heavy (non-hydrogen) atoms. The van der Waals surface area contributed by atoms with Gasteiger partial charge in [0.2, 0.25) is 0 Å². The van der Waals surface area contributed by atoms with Gasteiger partial charge < -0.3 is 10.6 Å². The second kappa shape index (κ2) is 6.08. The lowest BCUT2D eigenvalue weighted by Crippen LogP contribution is -2.19. The molecule has 3 heteroatoms. The number of nitrogens with two attached hydrogens (primary N) is 1. The maximum atomic E-state index is 6.45. The molecule has 1 aliphatic heterocycles. The number of rotatable bonds is 3. The van der Waals surface area contributed by atoms with E-state index in [1.54, 1.807) is 0 Å². The maximum Gasteiger partial charge on any atom is 0.0642 e. The fourth-order valence-electron chi connectivity index (χ4n) is 3.04. The number of halogens is 1. The second-order valence-corrected chi connectivity index (χ2v) is 6.25. The van der Waals surface area contributed by atoms with Gasteiger partial charge in [0.25, 0.3) is 0 Å². The average molecular weight is 301 g/mol. The fourth-order valence-corrected chi connectivity index (χ4v) is 3.35. The van der Waals surface area contributed by atoms with Crippen LogP contribution in [0.5, 0.6) is 0 Å². The molecule has 0 aliphatic carbocycles. The monoisotopic (exact) mass is 300 g/mol. The fraction of sp³-hybridized carbons (Fsp3) is 0.333. The molecular weight excluding hydrogens is 280 g/mol. The summed E-state index contributed by atoms with van der Waals surface area (Å²) >= 11 is 6.45. The lowest BCUT2D eigenvalue weighted by molar-refractivity contribution is 0.775. The van der Waals surface area contributed by atoms with E-state index in [-0.39, 0.29) is 6.04 Å². The molecule has 0 spiro atoms. The highest BCUT2D eigenvalue weighted by Crippen LogP contribution is 2.35. The smallest absolute Gasteiger partial charge is 0.0642 e. The van der Waals surface area contributed by atoms with Gasteiger partial charge in [-0.1, -0.05) is 48.0 Å². The largest absolute Gasteiger partial charge is 0.370 e. The van der Waals surface area contributed by atoms with Crippen LogP contribution in [0.2, 0.25) is 5.02 Å². The van der Waals surface area contributed by atoms with E-state index in [9.17, 15) is 0 Å². The predicted molar refractivity (Wildman–Crippen MR) is 90.1 cm³/mol. The zero-order valence-electron chi connectivity index (χ0n) is 12.3. The molecule has 2 nitrogen and oxygen atoms in total. The van der Waals surface area contributed by atoms with Crippen LogP contribution in [0, 0.1) is 0 Å². The van der Waals surface area contributed by atoms with Gasteiger partial charge in [-0.15, -0.1) is 0 Å². The van der Waals surface area contributed by atoms with Gasteiger partial charge >= 0.3 is 0 Å². The van der Waals surface area contributed by atoms with Crippen molar-refractivity contribution in [3.8, 4) is 0 Å². The van der Waals surface area contributed by atoms with Crippen molar-refractivity contribution in [2.24, 2.45) is 5.73 Å². The summed E-state index contributed by atoms with van der Waals surface area (Å²) in [6.07, 6.45) is 1.18. The Morgan fingerprint density at radius 2 is 1.95 bits per heavy atom. The summed E-state index contributed by atoms with van der Waals surface area (Å²) in [4.78, 5) is 2.38. The summed E-state index contributed by atoms with van der Waals surface area (Å²) in [6, 6.07) is 16.9. The van der Waals surface area contributed by atoms with Crippen LogP contribution in [-0.4, -0.2) is 13.1 Å². The average Bonchev–Trinajstić information content (AvgIpc) is 2.97. The standard InChI is InChI=1S/C18H21ClN2/c1-13(20)15-7-8-18(17(19)11-15)21-10-9-16(12-21)14-5-3-2-4-6-14/h2-8,11,13,16H,9-10,12,20H2,1H3. The number of benzene rings is 2. The molecule has 0 amide bonds. The number of nitrogens with zero attached hydrogens (tertiary/aromatic N) is 1. The number of hydrogen-bond acceptors (Lipinski definition) is 2. The van der Waals surface area contributed by atoms with Gasteiger partial charge in [0.05, 0.1) is 10.7 Å². The van der Waals surface area contributed by atoms with Crippen LogP contribution in [-0.2, 0) is 0 Å². The third-order valence-electron chi connectivity index (χ3n) is 4.30. The van der Waals surface area contributed by atoms with E-state index >= 15 is 0 Å². The van der Waals surface area contributed by atoms with Crippen molar-refractivity contribution < 1.29 is 0 Å². The van der Waals surface area contributed by atoms with Crippen LogP contribution in [0.4, 0.5) is 5.69 Å². The second-order valence-electron chi connectivity index (χ2n) is 5.84. The topological polar surface area (TPSA) is 29.3 Å². The van der Waals surface area contributed by atoms with Crippen molar-refractivity contribution in [3.05, 3.63) is 64.7 Å². The third kappa shape index (κ3) is 3.07. The molecule has 2 N–H and O–H groups in total. The van der Waals surface area contributed by atoms with Crippen LogP contribution in [0.25, 0.3) is 0 Å². The van der Waals surface area contributed by atoms with Crippen molar-refractivity contribution in [1.29, 1.82) is 0 Å². The summed E-state index contributed by atoms with van der Waals surface area (Å²) in [5.74, 6) is 0.593. The Bertz CT molecular complexity index is 610. The molecule has 0 saturated carbocycles. The van der Waals surface area contributed by atoms with Gasteiger partial charge in [-0.2, -0.15) is 0 Å². The molecule has 0 aromatic heterocycles. The molecule has 110 valence electrons. The van der Waals surface area contributed by atoms with Crippen LogP contribution >= 0.6 is 11.6 Å². The van der Waals surface area contributed by atoms with E-state index in [4.69, 9.17) is 17.3 Å². The first-order chi connectivity index (χ1) is 10.1. The summed E-state index contributed by atoms with van der Waals surface area (Å²) in [6.45, 7) is 4.06. The van der Waals surface area contributed by atoms with Crippen LogP contribution in [0.3, 0.4) is 0 Å². The Balaban J connectivity index is 1.77. The maximum absolute atomic E-state index is 6.45.